The first-order valence-corrected chi connectivity index (χ1v) is 5.73. The van der Waals surface area contributed by atoms with Gasteiger partial charge in [0.2, 0.25) is 0 Å². The maximum Gasteiger partial charge on any atom is 0.108 e. The first kappa shape index (κ1) is 10.6. The summed E-state index contributed by atoms with van der Waals surface area (Å²) in [5.74, 6) is 0.784. The van der Waals surface area contributed by atoms with Crippen molar-refractivity contribution in [1.29, 1.82) is 0 Å². The summed E-state index contributed by atoms with van der Waals surface area (Å²) >= 11 is 0. The van der Waals surface area contributed by atoms with Crippen LogP contribution in [0, 0.1) is 5.92 Å². The predicted molar refractivity (Wildman–Crippen MR) is 57.1 cm³/mol. The smallest absolute Gasteiger partial charge is 0.108 e. The molecule has 0 radical (unpaired) electrons. The quantitative estimate of drug-likeness (QED) is 0.805. The van der Waals surface area contributed by atoms with Gasteiger partial charge in [-0.1, -0.05) is 18.6 Å². The summed E-state index contributed by atoms with van der Waals surface area (Å²) in [7, 11) is 1.84. The number of hydrogen-bond donors (Lipinski definition) is 1. The predicted octanol–water partition coefficient (Wildman–Crippen LogP) is 1.60. The zero-order chi connectivity index (χ0) is 10.9. The Bertz CT molecular complexity index is 326. The molecular formula is C11H19N3O. The summed E-state index contributed by atoms with van der Waals surface area (Å²) < 4.78 is 1.69. The molecule has 2 rings (SSSR count). The van der Waals surface area contributed by atoms with Gasteiger partial charge in [-0.2, -0.15) is 0 Å². The molecule has 1 aromatic rings. The van der Waals surface area contributed by atoms with Gasteiger partial charge in [-0.25, -0.2) is 4.68 Å². The van der Waals surface area contributed by atoms with Gasteiger partial charge < -0.3 is 5.11 Å². The van der Waals surface area contributed by atoms with Crippen molar-refractivity contribution in [2.45, 2.75) is 44.6 Å². The van der Waals surface area contributed by atoms with Crippen molar-refractivity contribution in [2.24, 2.45) is 13.0 Å². The maximum atomic E-state index is 10.5. The highest BCUT2D eigenvalue weighted by Crippen LogP contribution is 2.39. The van der Waals surface area contributed by atoms with Gasteiger partial charge in [-0.15, -0.1) is 5.10 Å². The molecule has 1 N–H and O–H groups in total. The van der Waals surface area contributed by atoms with Crippen LogP contribution in [-0.4, -0.2) is 20.1 Å². The summed E-state index contributed by atoms with van der Waals surface area (Å²) in [4.78, 5) is 0. The van der Waals surface area contributed by atoms with Crippen molar-refractivity contribution in [3.63, 3.8) is 0 Å². The molecule has 0 amide bonds. The first-order chi connectivity index (χ1) is 7.15. The number of aliphatic hydroxyl groups is 1. The lowest BCUT2D eigenvalue weighted by molar-refractivity contribution is -0.0213. The van der Waals surface area contributed by atoms with E-state index in [-0.39, 0.29) is 0 Å². The molecular weight excluding hydrogens is 190 g/mol. The number of aryl methyl sites for hydroxylation is 1. The Morgan fingerprint density at radius 3 is 2.67 bits per heavy atom. The largest absolute Gasteiger partial charge is 0.384 e. The third kappa shape index (κ3) is 1.91. The molecule has 0 atom stereocenters. The van der Waals surface area contributed by atoms with Crippen molar-refractivity contribution in [2.75, 3.05) is 0 Å². The van der Waals surface area contributed by atoms with E-state index in [0.717, 1.165) is 37.3 Å². The van der Waals surface area contributed by atoms with Crippen molar-refractivity contribution in [1.82, 2.24) is 15.0 Å². The van der Waals surface area contributed by atoms with Crippen LogP contribution in [0.3, 0.4) is 0 Å². The van der Waals surface area contributed by atoms with Crippen molar-refractivity contribution >= 4 is 0 Å². The lowest BCUT2D eigenvalue weighted by atomic mass is 9.76. The molecule has 1 aliphatic rings. The first-order valence-electron chi connectivity index (χ1n) is 5.73. The third-order valence-corrected chi connectivity index (χ3v) is 3.70. The molecule has 1 heterocycles. The Hall–Kier alpha value is -0.900. The van der Waals surface area contributed by atoms with Crippen LogP contribution in [0.5, 0.6) is 0 Å². The zero-order valence-corrected chi connectivity index (χ0v) is 9.48. The van der Waals surface area contributed by atoms with E-state index in [9.17, 15) is 5.11 Å². The third-order valence-electron chi connectivity index (χ3n) is 3.70. The second kappa shape index (κ2) is 3.93. The van der Waals surface area contributed by atoms with Gasteiger partial charge >= 0.3 is 0 Å². The van der Waals surface area contributed by atoms with Crippen LogP contribution < -0.4 is 0 Å². The molecule has 0 aliphatic heterocycles. The standard InChI is InChI=1S/C11H19N3O/c1-3-9-4-6-11(15,7-5-9)10-8-12-13-14(10)2/h8-9,15H,3-7H2,1-2H3. The fourth-order valence-electron chi connectivity index (χ4n) is 2.53. The Labute approximate surface area is 90.3 Å². The molecule has 0 unspecified atom stereocenters. The van der Waals surface area contributed by atoms with Crippen molar-refractivity contribution in [3.05, 3.63) is 11.9 Å². The molecule has 0 saturated heterocycles. The Morgan fingerprint density at radius 2 is 2.20 bits per heavy atom. The van der Waals surface area contributed by atoms with E-state index in [1.165, 1.54) is 6.42 Å². The number of aromatic nitrogens is 3. The van der Waals surface area contributed by atoms with Gasteiger partial charge in [0.15, 0.2) is 0 Å². The fraction of sp³-hybridized carbons (Fsp3) is 0.818. The van der Waals surface area contributed by atoms with Crippen LogP contribution in [0.25, 0.3) is 0 Å². The van der Waals surface area contributed by atoms with E-state index in [4.69, 9.17) is 0 Å². The zero-order valence-electron chi connectivity index (χ0n) is 9.48. The SMILES string of the molecule is CCC1CCC(O)(c2cnnn2C)CC1. The Morgan fingerprint density at radius 1 is 1.53 bits per heavy atom. The number of hydrogen-bond acceptors (Lipinski definition) is 3. The van der Waals surface area contributed by atoms with E-state index in [0.29, 0.717) is 0 Å². The van der Waals surface area contributed by atoms with E-state index in [1.54, 1.807) is 10.9 Å². The Balaban J connectivity index is 2.13. The van der Waals surface area contributed by atoms with Gasteiger partial charge in [0.1, 0.15) is 5.60 Å². The summed E-state index contributed by atoms with van der Waals surface area (Å²) in [6.45, 7) is 2.22. The van der Waals surface area contributed by atoms with Crippen molar-refractivity contribution in [3.8, 4) is 0 Å². The highest BCUT2D eigenvalue weighted by molar-refractivity contribution is 5.09. The van der Waals surface area contributed by atoms with Crippen molar-refractivity contribution < 1.29 is 5.11 Å². The average molecular weight is 209 g/mol. The second-order valence-electron chi connectivity index (χ2n) is 4.63. The van der Waals surface area contributed by atoms with Gasteiger partial charge in [-0.3, -0.25) is 0 Å². The highest BCUT2D eigenvalue weighted by atomic mass is 16.3. The van der Waals surface area contributed by atoms with Crippen LogP contribution in [-0.2, 0) is 12.6 Å². The normalized spacial score (nSPS) is 31.8. The van der Waals surface area contributed by atoms with Crippen LogP contribution in [0.15, 0.2) is 6.20 Å². The van der Waals surface area contributed by atoms with E-state index in [1.807, 2.05) is 7.05 Å². The summed E-state index contributed by atoms with van der Waals surface area (Å²) in [5, 5.41) is 18.2. The Kier molecular flexibility index (Phi) is 2.78. The molecule has 1 saturated carbocycles. The monoisotopic (exact) mass is 209 g/mol. The highest BCUT2D eigenvalue weighted by Gasteiger charge is 2.36. The summed E-state index contributed by atoms with van der Waals surface area (Å²) in [5.41, 5.74) is 0.168. The molecule has 0 aromatic carbocycles. The van der Waals surface area contributed by atoms with E-state index < -0.39 is 5.60 Å². The van der Waals surface area contributed by atoms with Gasteiger partial charge in [0.05, 0.1) is 11.9 Å². The van der Waals surface area contributed by atoms with Gasteiger partial charge in [-0.05, 0) is 31.6 Å². The molecule has 4 heteroatoms. The van der Waals surface area contributed by atoms with E-state index in [2.05, 4.69) is 17.2 Å². The molecule has 84 valence electrons. The van der Waals surface area contributed by atoms with Crippen LogP contribution in [0.2, 0.25) is 0 Å². The maximum absolute atomic E-state index is 10.5. The van der Waals surface area contributed by atoms with Crippen LogP contribution in [0.4, 0.5) is 0 Å². The average Bonchev–Trinajstić information content (AvgIpc) is 2.66. The van der Waals surface area contributed by atoms with Gasteiger partial charge in [0.25, 0.3) is 0 Å². The summed E-state index contributed by atoms with van der Waals surface area (Å²) in [6, 6.07) is 0. The molecule has 1 aromatic heterocycles. The topological polar surface area (TPSA) is 50.9 Å². The lowest BCUT2D eigenvalue weighted by Gasteiger charge is -2.35. The minimum Gasteiger partial charge on any atom is -0.384 e. The molecule has 0 spiro atoms. The second-order valence-corrected chi connectivity index (χ2v) is 4.63. The number of rotatable bonds is 2. The molecule has 1 fully saturated rings. The molecule has 4 nitrogen and oxygen atoms in total. The van der Waals surface area contributed by atoms with E-state index >= 15 is 0 Å². The fourth-order valence-corrected chi connectivity index (χ4v) is 2.53. The molecule has 15 heavy (non-hydrogen) atoms. The molecule has 1 aliphatic carbocycles. The minimum atomic E-state index is -0.691. The minimum absolute atomic E-state index is 0.691. The molecule has 0 bridgehead atoms. The number of nitrogens with zero attached hydrogens (tertiary/aromatic N) is 3. The van der Waals surface area contributed by atoms with Crippen LogP contribution >= 0.6 is 0 Å². The van der Waals surface area contributed by atoms with Gasteiger partial charge in [0, 0.05) is 7.05 Å². The van der Waals surface area contributed by atoms with Crippen LogP contribution in [0.1, 0.15) is 44.7 Å². The summed E-state index contributed by atoms with van der Waals surface area (Å²) in [6.07, 6.45) is 6.81. The lowest BCUT2D eigenvalue weighted by Crippen LogP contribution is -2.33.